The molecule has 1 nitrogen and oxygen atoms in total. The number of aliphatic hydroxyl groups is 1. The van der Waals surface area contributed by atoms with Crippen LogP contribution in [0.25, 0.3) is 0 Å². The summed E-state index contributed by atoms with van der Waals surface area (Å²) in [6.45, 7) is 8.71. The Morgan fingerprint density at radius 3 is 1.91 bits per heavy atom. The van der Waals surface area contributed by atoms with Crippen LogP contribution in [0.2, 0.25) is 0 Å². The van der Waals surface area contributed by atoms with Crippen LogP contribution in [0.4, 0.5) is 0 Å². The standard InChI is InChI=1S/C10H20O/c1-8(2)10(11)6-5-9(3,4)7-10/h8,11H,5-7H2,1-4H3. The van der Waals surface area contributed by atoms with Crippen molar-refractivity contribution in [3.8, 4) is 0 Å². The molecule has 0 saturated heterocycles. The Balaban J connectivity index is 2.65. The van der Waals surface area contributed by atoms with Gasteiger partial charge >= 0.3 is 0 Å². The van der Waals surface area contributed by atoms with Gasteiger partial charge in [0.1, 0.15) is 0 Å². The first-order valence-electron chi connectivity index (χ1n) is 4.58. The van der Waals surface area contributed by atoms with E-state index in [1.54, 1.807) is 0 Å². The molecule has 1 heteroatoms. The van der Waals surface area contributed by atoms with Gasteiger partial charge in [-0.3, -0.25) is 0 Å². The second-order valence-electron chi connectivity index (χ2n) is 5.10. The van der Waals surface area contributed by atoms with Crippen molar-refractivity contribution < 1.29 is 5.11 Å². The first-order chi connectivity index (χ1) is 4.86. The van der Waals surface area contributed by atoms with Crippen molar-refractivity contribution in [2.45, 2.75) is 52.6 Å². The molecule has 0 amide bonds. The maximum atomic E-state index is 10.1. The Morgan fingerprint density at radius 2 is 1.73 bits per heavy atom. The van der Waals surface area contributed by atoms with Gasteiger partial charge in [-0.25, -0.2) is 0 Å². The molecule has 1 unspecified atom stereocenters. The van der Waals surface area contributed by atoms with Crippen LogP contribution < -0.4 is 0 Å². The second kappa shape index (κ2) is 2.48. The third-order valence-electron chi connectivity index (χ3n) is 3.09. The topological polar surface area (TPSA) is 20.2 Å². The first kappa shape index (κ1) is 9.05. The van der Waals surface area contributed by atoms with Crippen molar-refractivity contribution in [3.63, 3.8) is 0 Å². The van der Waals surface area contributed by atoms with Gasteiger partial charge in [0, 0.05) is 0 Å². The molecular formula is C10H20O. The molecule has 0 heterocycles. The molecule has 0 aliphatic heterocycles. The Labute approximate surface area is 69.8 Å². The molecule has 1 aliphatic carbocycles. The number of rotatable bonds is 1. The predicted molar refractivity (Wildman–Crippen MR) is 47.4 cm³/mol. The third kappa shape index (κ3) is 1.76. The average molecular weight is 156 g/mol. The molecule has 0 aromatic heterocycles. The van der Waals surface area contributed by atoms with Crippen LogP contribution in [0.3, 0.4) is 0 Å². The lowest BCUT2D eigenvalue weighted by Gasteiger charge is -2.29. The van der Waals surface area contributed by atoms with E-state index in [2.05, 4.69) is 27.7 Å². The highest BCUT2D eigenvalue weighted by molar-refractivity contribution is 4.95. The summed E-state index contributed by atoms with van der Waals surface area (Å²) in [4.78, 5) is 0. The van der Waals surface area contributed by atoms with Crippen LogP contribution in [-0.4, -0.2) is 10.7 Å². The molecular weight excluding hydrogens is 136 g/mol. The van der Waals surface area contributed by atoms with Crippen molar-refractivity contribution >= 4 is 0 Å². The van der Waals surface area contributed by atoms with Crippen LogP contribution in [0.1, 0.15) is 47.0 Å². The summed E-state index contributed by atoms with van der Waals surface area (Å²) in [5.41, 5.74) is -0.0114. The van der Waals surface area contributed by atoms with Crippen molar-refractivity contribution in [3.05, 3.63) is 0 Å². The average Bonchev–Trinajstić information content (AvgIpc) is 2.08. The van der Waals surface area contributed by atoms with E-state index in [9.17, 15) is 5.11 Å². The van der Waals surface area contributed by atoms with Gasteiger partial charge in [-0.15, -0.1) is 0 Å². The van der Waals surface area contributed by atoms with Gasteiger partial charge in [0.2, 0.25) is 0 Å². The molecule has 0 radical (unpaired) electrons. The largest absolute Gasteiger partial charge is 0.390 e. The van der Waals surface area contributed by atoms with Gasteiger partial charge < -0.3 is 5.11 Å². The van der Waals surface area contributed by atoms with Gasteiger partial charge in [0.25, 0.3) is 0 Å². The molecule has 1 saturated carbocycles. The summed E-state index contributed by atoms with van der Waals surface area (Å²) in [5, 5.41) is 10.1. The van der Waals surface area contributed by atoms with Crippen LogP contribution in [-0.2, 0) is 0 Å². The van der Waals surface area contributed by atoms with Gasteiger partial charge in [-0.2, -0.15) is 0 Å². The normalized spacial score (nSPS) is 36.5. The summed E-state index contributed by atoms with van der Waals surface area (Å²) in [6, 6.07) is 0. The zero-order valence-electron chi connectivity index (χ0n) is 8.15. The minimum atomic E-state index is -0.372. The Bertz CT molecular complexity index is 149. The molecule has 1 N–H and O–H groups in total. The van der Waals surface area contributed by atoms with Crippen molar-refractivity contribution in [1.82, 2.24) is 0 Å². The van der Waals surface area contributed by atoms with Gasteiger partial charge in [-0.05, 0) is 30.6 Å². The summed E-state index contributed by atoms with van der Waals surface area (Å²) in [6.07, 6.45) is 3.12. The number of hydrogen-bond donors (Lipinski definition) is 1. The molecule has 1 aliphatic rings. The summed E-state index contributed by atoms with van der Waals surface area (Å²) < 4.78 is 0. The molecule has 1 atom stereocenters. The van der Waals surface area contributed by atoms with Crippen molar-refractivity contribution in [1.29, 1.82) is 0 Å². The Kier molecular flexibility index (Phi) is 2.04. The molecule has 0 spiro atoms. The highest BCUT2D eigenvalue weighted by Crippen LogP contribution is 2.46. The minimum absolute atomic E-state index is 0.360. The highest BCUT2D eigenvalue weighted by Gasteiger charge is 2.43. The van der Waals surface area contributed by atoms with E-state index >= 15 is 0 Å². The van der Waals surface area contributed by atoms with E-state index in [-0.39, 0.29) is 5.60 Å². The van der Waals surface area contributed by atoms with E-state index in [4.69, 9.17) is 0 Å². The maximum Gasteiger partial charge on any atom is 0.0675 e. The summed E-state index contributed by atoms with van der Waals surface area (Å²) in [7, 11) is 0. The van der Waals surface area contributed by atoms with Gasteiger partial charge in [-0.1, -0.05) is 27.7 Å². The SMILES string of the molecule is CC(C)C1(O)CCC(C)(C)C1. The molecule has 1 rings (SSSR count). The van der Waals surface area contributed by atoms with E-state index < -0.39 is 0 Å². The van der Waals surface area contributed by atoms with Gasteiger partial charge in [0.05, 0.1) is 5.60 Å². The fourth-order valence-corrected chi connectivity index (χ4v) is 2.05. The smallest absolute Gasteiger partial charge is 0.0675 e. The maximum absolute atomic E-state index is 10.1. The van der Waals surface area contributed by atoms with Crippen LogP contribution in [0, 0.1) is 11.3 Å². The van der Waals surface area contributed by atoms with Gasteiger partial charge in [0.15, 0.2) is 0 Å². The first-order valence-corrected chi connectivity index (χ1v) is 4.58. The second-order valence-corrected chi connectivity index (χ2v) is 5.10. The number of hydrogen-bond acceptors (Lipinski definition) is 1. The molecule has 1 fully saturated rings. The summed E-state index contributed by atoms with van der Waals surface area (Å²) in [5.74, 6) is 0.407. The van der Waals surface area contributed by atoms with Crippen LogP contribution in [0.5, 0.6) is 0 Å². The minimum Gasteiger partial charge on any atom is -0.390 e. The van der Waals surface area contributed by atoms with E-state index in [1.165, 1.54) is 6.42 Å². The van der Waals surface area contributed by atoms with Crippen molar-refractivity contribution in [2.24, 2.45) is 11.3 Å². The summed E-state index contributed by atoms with van der Waals surface area (Å²) >= 11 is 0. The monoisotopic (exact) mass is 156 g/mol. The lowest BCUT2D eigenvalue weighted by Crippen LogP contribution is -2.32. The lowest BCUT2D eigenvalue weighted by molar-refractivity contribution is -0.00670. The fourth-order valence-electron chi connectivity index (χ4n) is 2.05. The third-order valence-corrected chi connectivity index (χ3v) is 3.09. The molecule has 66 valence electrons. The van der Waals surface area contributed by atoms with Crippen molar-refractivity contribution in [2.75, 3.05) is 0 Å². The lowest BCUT2D eigenvalue weighted by atomic mass is 9.84. The Hall–Kier alpha value is -0.0400. The Morgan fingerprint density at radius 1 is 1.18 bits per heavy atom. The molecule has 0 aromatic rings. The predicted octanol–water partition coefficient (Wildman–Crippen LogP) is 2.58. The molecule has 0 bridgehead atoms. The zero-order chi connectivity index (χ0) is 8.70. The zero-order valence-corrected chi connectivity index (χ0v) is 8.15. The molecule has 11 heavy (non-hydrogen) atoms. The molecule has 0 aromatic carbocycles. The van der Waals surface area contributed by atoms with E-state index in [1.807, 2.05) is 0 Å². The quantitative estimate of drug-likeness (QED) is 0.618. The van der Waals surface area contributed by atoms with Crippen LogP contribution in [0.15, 0.2) is 0 Å². The van der Waals surface area contributed by atoms with E-state index in [0.717, 1.165) is 12.8 Å². The fraction of sp³-hybridized carbons (Fsp3) is 1.00. The van der Waals surface area contributed by atoms with Crippen LogP contribution >= 0.6 is 0 Å². The highest BCUT2D eigenvalue weighted by atomic mass is 16.3. The van der Waals surface area contributed by atoms with E-state index in [0.29, 0.717) is 11.3 Å².